The summed E-state index contributed by atoms with van der Waals surface area (Å²) in [6.07, 6.45) is 1.75. The Morgan fingerprint density at radius 3 is 2.52 bits per heavy atom. The lowest BCUT2D eigenvalue weighted by atomic mass is 10.1. The number of aromatic nitrogens is 3. The highest BCUT2D eigenvalue weighted by molar-refractivity contribution is 5.90. The molecule has 0 saturated heterocycles. The van der Waals surface area contributed by atoms with Gasteiger partial charge >= 0.3 is 6.03 Å². The maximum Gasteiger partial charge on any atom is 0.319 e. The molecular formula is C18H27N5O2. The zero-order valence-electron chi connectivity index (χ0n) is 16.0. The van der Waals surface area contributed by atoms with E-state index in [1.165, 1.54) is 0 Å². The number of carbonyl (C=O) groups is 1. The molecule has 25 heavy (non-hydrogen) atoms. The summed E-state index contributed by atoms with van der Waals surface area (Å²) >= 11 is 0. The van der Waals surface area contributed by atoms with Gasteiger partial charge in [-0.1, -0.05) is 0 Å². The van der Waals surface area contributed by atoms with Gasteiger partial charge in [0.25, 0.3) is 0 Å². The number of aryl methyl sites for hydroxylation is 2. The van der Waals surface area contributed by atoms with E-state index < -0.39 is 0 Å². The zero-order valence-corrected chi connectivity index (χ0v) is 16.0. The van der Waals surface area contributed by atoms with Crippen molar-refractivity contribution >= 4 is 11.7 Å². The van der Waals surface area contributed by atoms with E-state index in [1.807, 2.05) is 32.4 Å². The lowest BCUT2D eigenvalue weighted by Crippen LogP contribution is -2.29. The largest absolute Gasteiger partial charge is 0.496 e. The van der Waals surface area contributed by atoms with Crippen molar-refractivity contribution in [3.8, 4) is 5.75 Å². The average Bonchev–Trinajstić information content (AvgIpc) is 2.83. The number of urea groups is 1. The summed E-state index contributed by atoms with van der Waals surface area (Å²) in [5, 5.41) is 10.2. The number of nitrogens with zero attached hydrogens (tertiary/aromatic N) is 3. The van der Waals surface area contributed by atoms with Gasteiger partial charge in [0.1, 0.15) is 5.75 Å². The first-order valence-corrected chi connectivity index (χ1v) is 8.35. The molecule has 0 aliphatic heterocycles. The Morgan fingerprint density at radius 2 is 1.96 bits per heavy atom. The summed E-state index contributed by atoms with van der Waals surface area (Å²) in [6.45, 7) is 12.2. The van der Waals surface area contributed by atoms with E-state index in [9.17, 15) is 4.79 Å². The predicted octanol–water partition coefficient (Wildman–Crippen LogP) is 3.42. The van der Waals surface area contributed by atoms with Crippen LogP contribution in [0.4, 0.5) is 10.5 Å². The lowest BCUT2D eigenvalue weighted by molar-refractivity contribution is 0.251. The van der Waals surface area contributed by atoms with Crippen molar-refractivity contribution in [1.29, 1.82) is 0 Å². The maximum atomic E-state index is 12.3. The van der Waals surface area contributed by atoms with Crippen molar-refractivity contribution in [1.82, 2.24) is 20.1 Å². The molecule has 7 nitrogen and oxygen atoms in total. The van der Waals surface area contributed by atoms with Crippen LogP contribution in [0.25, 0.3) is 0 Å². The van der Waals surface area contributed by atoms with Gasteiger partial charge in [0.05, 0.1) is 36.4 Å². The van der Waals surface area contributed by atoms with Gasteiger partial charge in [-0.2, -0.15) is 5.10 Å². The fraction of sp³-hybridized carbons (Fsp3) is 0.500. The number of hydrogen-bond acceptors (Lipinski definition) is 4. The van der Waals surface area contributed by atoms with Crippen molar-refractivity contribution in [3.05, 3.63) is 34.4 Å². The quantitative estimate of drug-likeness (QED) is 0.870. The fourth-order valence-corrected chi connectivity index (χ4v) is 2.92. The number of rotatable bonds is 5. The normalized spacial score (nSPS) is 10.9. The molecule has 0 radical (unpaired) electrons. The minimum Gasteiger partial charge on any atom is -0.496 e. The van der Waals surface area contributed by atoms with Crippen molar-refractivity contribution in [2.45, 2.75) is 54.1 Å². The highest BCUT2D eigenvalue weighted by Gasteiger charge is 2.16. The standard InChI is InChI=1S/C18H27N5O2/c1-10(2)23-14(6)16(13(5)22-23)21-18(24)20-9-15-12(4)17(25-7)11(3)8-19-15/h8,10H,9H2,1-7H3,(H2,20,21,24). The Bertz CT molecular complexity index is 780. The van der Waals surface area contributed by atoms with Gasteiger partial charge in [-0.3, -0.25) is 9.67 Å². The van der Waals surface area contributed by atoms with E-state index in [1.54, 1.807) is 13.3 Å². The van der Waals surface area contributed by atoms with Crippen LogP contribution in [0.5, 0.6) is 5.75 Å². The minimum absolute atomic E-state index is 0.240. The van der Waals surface area contributed by atoms with Crippen molar-refractivity contribution in [2.24, 2.45) is 0 Å². The molecule has 0 fully saturated rings. The first kappa shape index (κ1) is 18.8. The minimum atomic E-state index is -0.282. The van der Waals surface area contributed by atoms with E-state index in [-0.39, 0.29) is 12.1 Å². The van der Waals surface area contributed by atoms with Gasteiger partial charge in [0.2, 0.25) is 0 Å². The number of methoxy groups -OCH3 is 1. The SMILES string of the molecule is COc1c(C)cnc(CNC(=O)Nc2c(C)nn(C(C)C)c2C)c1C. The van der Waals surface area contributed by atoms with Gasteiger partial charge in [-0.25, -0.2) is 4.79 Å². The number of pyridine rings is 1. The number of hydrogen-bond donors (Lipinski definition) is 2. The Balaban J connectivity index is 2.08. The summed E-state index contributed by atoms with van der Waals surface area (Å²) < 4.78 is 7.30. The molecule has 0 aromatic carbocycles. The monoisotopic (exact) mass is 345 g/mol. The smallest absolute Gasteiger partial charge is 0.319 e. The highest BCUT2D eigenvalue weighted by atomic mass is 16.5. The topological polar surface area (TPSA) is 81.1 Å². The molecule has 7 heteroatoms. The van der Waals surface area contributed by atoms with Gasteiger partial charge in [0.15, 0.2) is 0 Å². The summed E-state index contributed by atoms with van der Waals surface area (Å²) in [5.74, 6) is 0.803. The molecule has 2 heterocycles. The van der Waals surface area contributed by atoms with Crippen LogP contribution in [0.2, 0.25) is 0 Å². The molecule has 0 bridgehead atoms. The third-order valence-corrected chi connectivity index (χ3v) is 4.22. The fourth-order valence-electron chi connectivity index (χ4n) is 2.92. The first-order chi connectivity index (χ1) is 11.8. The number of anilines is 1. The van der Waals surface area contributed by atoms with Crippen molar-refractivity contribution in [3.63, 3.8) is 0 Å². The molecule has 0 atom stereocenters. The lowest BCUT2D eigenvalue weighted by Gasteiger charge is -2.13. The third kappa shape index (κ3) is 3.92. The molecule has 0 unspecified atom stereocenters. The molecule has 2 aromatic heterocycles. The number of carbonyl (C=O) groups excluding carboxylic acids is 1. The highest BCUT2D eigenvalue weighted by Crippen LogP contribution is 2.24. The van der Waals surface area contributed by atoms with Gasteiger partial charge in [-0.15, -0.1) is 0 Å². The van der Waals surface area contributed by atoms with Crippen LogP contribution in [0.3, 0.4) is 0 Å². The second kappa shape index (κ2) is 7.55. The Morgan fingerprint density at radius 1 is 1.28 bits per heavy atom. The van der Waals surface area contributed by atoms with Crippen LogP contribution in [0.1, 0.15) is 48.1 Å². The van der Waals surface area contributed by atoms with Crippen LogP contribution >= 0.6 is 0 Å². The van der Waals surface area contributed by atoms with Crippen LogP contribution in [0, 0.1) is 27.7 Å². The van der Waals surface area contributed by atoms with Gasteiger partial charge < -0.3 is 15.4 Å². The second-order valence-electron chi connectivity index (χ2n) is 6.44. The zero-order chi connectivity index (χ0) is 18.7. The predicted molar refractivity (Wildman–Crippen MR) is 98.2 cm³/mol. The van der Waals surface area contributed by atoms with Crippen LogP contribution < -0.4 is 15.4 Å². The molecular weight excluding hydrogens is 318 g/mol. The molecule has 0 saturated carbocycles. The van der Waals surface area contributed by atoms with Crippen LogP contribution in [0.15, 0.2) is 6.20 Å². The summed E-state index contributed by atoms with van der Waals surface area (Å²) in [5.41, 5.74) is 5.17. The van der Waals surface area contributed by atoms with Crippen LogP contribution in [-0.2, 0) is 6.54 Å². The Kier molecular flexibility index (Phi) is 5.66. The molecule has 0 aliphatic rings. The van der Waals surface area contributed by atoms with E-state index in [0.717, 1.165) is 39.6 Å². The number of ether oxygens (including phenoxy) is 1. The Hall–Kier alpha value is -2.57. The number of amides is 2. The second-order valence-corrected chi connectivity index (χ2v) is 6.44. The summed E-state index contributed by atoms with van der Waals surface area (Å²) in [7, 11) is 1.64. The molecule has 2 rings (SSSR count). The summed E-state index contributed by atoms with van der Waals surface area (Å²) in [4.78, 5) is 16.7. The van der Waals surface area contributed by atoms with E-state index in [0.29, 0.717) is 6.54 Å². The van der Waals surface area contributed by atoms with E-state index in [4.69, 9.17) is 4.74 Å². The van der Waals surface area contributed by atoms with Gasteiger partial charge in [-0.05, 0) is 41.5 Å². The molecule has 0 spiro atoms. The van der Waals surface area contributed by atoms with Crippen LogP contribution in [-0.4, -0.2) is 27.9 Å². The summed E-state index contributed by atoms with van der Waals surface area (Å²) in [6, 6.07) is -0.0422. The number of nitrogens with one attached hydrogen (secondary N) is 2. The van der Waals surface area contributed by atoms with E-state index >= 15 is 0 Å². The maximum absolute atomic E-state index is 12.3. The molecule has 2 N–H and O–H groups in total. The third-order valence-electron chi connectivity index (χ3n) is 4.22. The van der Waals surface area contributed by atoms with E-state index in [2.05, 4.69) is 34.6 Å². The molecule has 2 aromatic rings. The molecule has 2 amide bonds. The van der Waals surface area contributed by atoms with Crippen molar-refractivity contribution < 1.29 is 9.53 Å². The Labute approximate surface area is 148 Å². The molecule has 0 aliphatic carbocycles. The van der Waals surface area contributed by atoms with Crippen molar-refractivity contribution in [2.75, 3.05) is 12.4 Å². The average molecular weight is 345 g/mol. The first-order valence-electron chi connectivity index (χ1n) is 8.35. The molecule has 136 valence electrons. The van der Waals surface area contributed by atoms with Gasteiger partial charge in [0, 0.05) is 23.4 Å².